The number of hydrogen-bond acceptors (Lipinski definition) is 4. The van der Waals surface area contributed by atoms with Gasteiger partial charge in [-0.15, -0.1) is 11.3 Å². The molecule has 6 heteroatoms. The molecule has 0 saturated heterocycles. The number of thiophene rings is 1. The van der Waals surface area contributed by atoms with E-state index in [-0.39, 0.29) is 5.91 Å². The lowest BCUT2D eigenvalue weighted by atomic mass is 10.1. The van der Waals surface area contributed by atoms with Crippen molar-refractivity contribution < 1.29 is 14.3 Å². The van der Waals surface area contributed by atoms with Crippen LogP contribution in [0.5, 0.6) is 0 Å². The van der Waals surface area contributed by atoms with Crippen molar-refractivity contribution in [1.29, 1.82) is 0 Å². The molecule has 0 unspecified atom stereocenters. The topological polar surface area (TPSA) is 60.3 Å². The fourth-order valence-electron chi connectivity index (χ4n) is 3.13. The lowest BCUT2D eigenvalue weighted by molar-refractivity contribution is 0.0602. The fourth-order valence-corrected chi connectivity index (χ4v) is 4.02. The summed E-state index contributed by atoms with van der Waals surface area (Å²) in [5.74, 6) is -0.671. The molecule has 130 valence electrons. The van der Waals surface area contributed by atoms with E-state index in [1.165, 1.54) is 18.4 Å². The van der Waals surface area contributed by atoms with E-state index < -0.39 is 5.97 Å². The number of aryl methyl sites for hydroxylation is 3. The number of methoxy groups -OCH3 is 1. The smallest absolute Gasteiger partial charge is 0.340 e. The molecule has 1 aromatic carbocycles. The molecular formula is C19H20N2O3S. The predicted octanol–water partition coefficient (Wildman–Crippen LogP) is 4.38. The average molecular weight is 356 g/mol. The molecule has 0 radical (unpaired) electrons. The lowest BCUT2D eigenvalue weighted by Gasteiger charge is -2.10. The number of nitrogens with one attached hydrogen (secondary N) is 1. The van der Waals surface area contributed by atoms with Gasteiger partial charge < -0.3 is 14.6 Å². The molecule has 0 atom stereocenters. The Bertz CT molecular complexity index is 969. The SMILES string of the molecule is CCn1c(C(=O)Nc2sc(C)cc2C(=O)OC)c(C)c2ccccc21. The number of rotatable bonds is 4. The van der Waals surface area contributed by atoms with Gasteiger partial charge in [0.25, 0.3) is 5.91 Å². The van der Waals surface area contributed by atoms with Gasteiger partial charge in [-0.2, -0.15) is 0 Å². The highest BCUT2D eigenvalue weighted by Crippen LogP contribution is 2.31. The third-order valence-electron chi connectivity index (χ3n) is 4.24. The quantitative estimate of drug-likeness (QED) is 0.706. The number of fused-ring (bicyclic) bond motifs is 1. The molecule has 0 spiro atoms. The van der Waals surface area contributed by atoms with E-state index in [4.69, 9.17) is 4.74 Å². The Balaban J connectivity index is 2.05. The van der Waals surface area contributed by atoms with E-state index in [0.29, 0.717) is 22.8 Å². The highest BCUT2D eigenvalue weighted by atomic mass is 32.1. The van der Waals surface area contributed by atoms with Crippen molar-refractivity contribution >= 4 is 39.1 Å². The summed E-state index contributed by atoms with van der Waals surface area (Å²) in [5.41, 5.74) is 2.96. The third-order valence-corrected chi connectivity index (χ3v) is 5.21. The van der Waals surface area contributed by atoms with Crippen LogP contribution in [0.25, 0.3) is 10.9 Å². The zero-order valence-electron chi connectivity index (χ0n) is 14.7. The summed E-state index contributed by atoms with van der Waals surface area (Å²) in [6.45, 7) is 6.54. The number of carbonyl (C=O) groups excluding carboxylic acids is 2. The predicted molar refractivity (Wildman–Crippen MR) is 101 cm³/mol. The average Bonchev–Trinajstić information content (AvgIpc) is 3.11. The van der Waals surface area contributed by atoms with Crippen LogP contribution in [0.4, 0.5) is 5.00 Å². The molecule has 0 fully saturated rings. The Hall–Kier alpha value is -2.60. The summed E-state index contributed by atoms with van der Waals surface area (Å²) < 4.78 is 6.80. The van der Waals surface area contributed by atoms with Gasteiger partial charge in [0, 0.05) is 22.3 Å². The summed E-state index contributed by atoms with van der Waals surface area (Å²) in [5, 5.41) is 4.47. The van der Waals surface area contributed by atoms with Crippen LogP contribution in [-0.2, 0) is 11.3 Å². The van der Waals surface area contributed by atoms with Gasteiger partial charge in [0.05, 0.1) is 12.7 Å². The van der Waals surface area contributed by atoms with Gasteiger partial charge in [-0.3, -0.25) is 4.79 Å². The van der Waals surface area contributed by atoms with Crippen LogP contribution < -0.4 is 5.32 Å². The number of carbonyl (C=O) groups is 2. The number of nitrogens with zero attached hydrogens (tertiary/aromatic N) is 1. The second-order valence-electron chi connectivity index (χ2n) is 5.78. The lowest BCUT2D eigenvalue weighted by Crippen LogP contribution is -2.18. The van der Waals surface area contributed by atoms with Crippen LogP contribution in [0.15, 0.2) is 30.3 Å². The molecule has 1 amide bonds. The molecule has 0 bridgehead atoms. The van der Waals surface area contributed by atoms with Crippen LogP contribution in [0.1, 0.15) is 38.2 Å². The van der Waals surface area contributed by atoms with Crippen LogP contribution in [0, 0.1) is 13.8 Å². The van der Waals surface area contributed by atoms with Crippen LogP contribution in [0.3, 0.4) is 0 Å². The maximum absolute atomic E-state index is 13.0. The molecule has 25 heavy (non-hydrogen) atoms. The van der Waals surface area contributed by atoms with E-state index in [1.807, 2.05) is 49.6 Å². The van der Waals surface area contributed by atoms with Crippen molar-refractivity contribution in [3.8, 4) is 0 Å². The molecule has 0 aliphatic carbocycles. The minimum absolute atomic E-state index is 0.220. The van der Waals surface area contributed by atoms with E-state index in [0.717, 1.165) is 21.3 Å². The number of ether oxygens (including phenoxy) is 1. The number of amides is 1. The molecular weight excluding hydrogens is 336 g/mol. The molecule has 5 nitrogen and oxygen atoms in total. The summed E-state index contributed by atoms with van der Waals surface area (Å²) in [7, 11) is 1.33. The summed E-state index contributed by atoms with van der Waals surface area (Å²) in [6, 6.07) is 9.69. The zero-order chi connectivity index (χ0) is 18.1. The minimum Gasteiger partial charge on any atom is -0.465 e. The molecule has 2 aromatic heterocycles. The molecule has 2 heterocycles. The molecule has 3 aromatic rings. The van der Waals surface area contributed by atoms with Gasteiger partial charge in [0.1, 0.15) is 10.7 Å². The second kappa shape index (κ2) is 6.72. The first-order chi connectivity index (χ1) is 12.0. The zero-order valence-corrected chi connectivity index (χ0v) is 15.5. The highest BCUT2D eigenvalue weighted by molar-refractivity contribution is 7.16. The highest BCUT2D eigenvalue weighted by Gasteiger charge is 2.22. The van der Waals surface area contributed by atoms with Crippen LogP contribution in [-0.4, -0.2) is 23.6 Å². The van der Waals surface area contributed by atoms with Crippen molar-refractivity contribution in [2.75, 3.05) is 12.4 Å². The summed E-state index contributed by atoms with van der Waals surface area (Å²) in [6.07, 6.45) is 0. The number of esters is 1. The van der Waals surface area contributed by atoms with E-state index in [2.05, 4.69) is 5.32 Å². The normalized spacial score (nSPS) is 10.9. The van der Waals surface area contributed by atoms with E-state index in [9.17, 15) is 9.59 Å². The Morgan fingerprint density at radius 3 is 2.64 bits per heavy atom. The van der Waals surface area contributed by atoms with Gasteiger partial charge in [-0.25, -0.2) is 4.79 Å². The number of benzene rings is 1. The Morgan fingerprint density at radius 2 is 1.96 bits per heavy atom. The largest absolute Gasteiger partial charge is 0.465 e. The van der Waals surface area contributed by atoms with Crippen molar-refractivity contribution in [3.63, 3.8) is 0 Å². The van der Waals surface area contributed by atoms with E-state index >= 15 is 0 Å². The molecule has 0 aliphatic rings. The van der Waals surface area contributed by atoms with Gasteiger partial charge >= 0.3 is 5.97 Å². The van der Waals surface area contributed by atoms with Gasteiger partial charge in [-0.1, -0.05) is 18.2 Å². The van der Waals surface area contributed by atoms with Crippen molar-refractivity contribution in [3.05, 3.63) is 52.0 Å². The van der Waals surface area contributed by atoms with Crippen molar-refractivity contribution in [2.45, 2.75) is 27.3 Å². The molecule has 0 saturated carbocycles. The van der Waals surface area contributed by atoms with Gasteiger partial charge in [0.2, 0.25) is 0 Å². The van der Waals surface area contributed by atoms with Crippen molar-refractivity contribution in [1.82, 2.24) is 4.57 Å². The van der Waals surface area contributed by atoms with Crippen LogP contribution >= 0.6 is 11.3 Å². The monoisotopic (exact) mass is 356 g/mol. The van der Waals surface area contributed by atoms with Crippen molar-refractivity contribution in [2.24, 2.45) is 0 Å². The first-order valence-corrected chi connectivity index (χ1v) is 8.87. The van der Waals surface area contributed by atoms with E-state index in [1.54, 1.807) is 6.07 Å². The fraction of sp³-hybridized carbons (Fsp3) is 0.263. The minimum atomic E-state index is -0.451. The molecule has 3 rings (SSSR count). The molecule has 0 aliphatic heterocycles. The second-order valence-corrected chi connectivity index (χ2v) is 7.04. The first kappa shape index (κ1) is 17.2. The number of hydrogen-bond donors (Lipinski definition) is 1. The standard InChI is InChI=1S/C19H20N2O3S/c1-5-21-15-9-7-6-8-13(15)12(3)16(21)17(22)20-18-14(19(23)24-4)10-11(2)25-18/h6-10H,5H2,1-4H3,(H,20,22). The first-order valence-electron chi connectivity index (χ1n) is 8.05. The Kier molecular flexibility index (Phi) is 4.63. The number of anilines is 1. The summed E-state index contributed by atoms with van der Waals surface area (Å²) >= 11 is 1.37. The van der Waals surface area contributed by atoms with Gasteiger partial charge in [-0.05, 0) is 38.5 Å². The number of para-hydroxylation sites is 1. The maximum Gasteiger partial charge on any atom is 0.340 e. The number of aromatic nitrogens is 1. The Morgan fingerprint density at radius 1 is 1.24 bits per heavy atom. The maximum atomic E-state index is 13.0. The van der Waals surface area contributed by atoms with Gasteiger partial charge in [0.15, 0.2) is 0 Å². The Labute approximate surface area is 150 Å². The molecule has 1 N–H and O–H groups in total. The summed E-state index contributed by atoms with van der Waals surface area (Å²) in [4.78, 5) is 25.8. The van der Waals surface area contributed by atoms with Crippen LogP contribution in [0.2, 0.25) is 0 Å². The third kappa shape index (κ3) is 2.93.